The first-order valence-corrected chi connectivity index (χ1v) is 7.55. The lowest BCUT2D eigenvalue weighted by molar-refractivity contribution is -0.137. The maximum Gasteiger partial charge on any atom is 0.277 e. The summed E-state index contributed by atoms with van der Waals surface area (Å²) in [5.41, 5.74) is 1.10. The van der Waals surface area contributed by atoms with Gasteiger partial charge in [-0.1, -0.05) is 0 Å². The third-order valence-electron chi connectivity index (χ3n) is 2.95. The number of amides is 2. The van der Waals surface area contributed by atoms with E-state index in [1.807, 2.05) is 0 Å². The fraction of sp³-hybridized carbons (Fsp3) is 0.231. The van der Waals surface area contributed by atoms with Gasteiger partial charge in [0.1, 0.15) is 5.70 Å². The lowest BCUT2D eigenvalue weighted by Gasteiger charge is -2.16. The van der Waals surface area contributed by atoms with E-state index in [0.29, 0.717) is 15.7 Å². The second-order valence-corrected chi connectivity index (χ2v) is 6.03. The van der Waals surface area contributed by atoms with Crippen molar-refractivity contribution >= 4 is 49.4 Å². The molecule has 0 unspecified atom stereocenters. The van der Waals surface area contributed by atoms with Gasteiger partial charge in [-0.05, 0) is 50.4 Å². The second-order valence-electron chi connectivity index (χ2n) is 4.38. The van der Waals surface area contributed by atoms with Crippen molar-refractivity contribution in [1.82, 2.24) is 4.90 Å². The highest BCUT2D eigenvalue weighted by molar-refractivity contribution is 9.11. The largest absolute Gasteiger partial charge is 0.395 e. The van der Waals surface area contributed by atoms with Crippen molar-refractivity contribution < 1.29 is 19.1 Å². The van der Waals surface area contributed by atoms with Gasteiger partial charge < -0.3 is 10.4 Å². The predicted molar refractivity (Wildman–Crippen MR) is 82.0 cm³/mol. The van der Waals surface area contributed by atoms with E-state index in [-0.39, 0.29) is 23.3 Å². The van der Waals surface area contributed by atoms with Gasteiger partial charge >= 0.3 is 0 Å². The molecule has 0 fully saturated rings. The molecule has 1 heterocycles. The van der Waals surface area contributed by atoms with E-state index in [1.54, 1.807) is 13.0 Å². The first-order valence-electron chi connectivity index (χ1n) is 5.96. The zero-order valence-corrected chi connectivity index (χ0v) is 14.1. The third-order valence-corrected chi connectivity index (χ3v) is 4.27. The summed E-state index contributed by atoms with van der Waals surface area (Å²) in [5.74, 6) is -1.57. The summed E-state index contributed by atoms with van der Waals surface area (Å²) in [6.45, 7) is 1.35. The number of aliphatic hydroxyl groups is 1. The molecule has 8 heteroatoms. The van der Waals surface area contributed by atoms with E-state index < -0.39 is 17.6 Å². The lowest BCUT2D eigenvalue weighted by atomic mass is 10.2. The molecule has 0 saturated heterocycles. The standard InChI is InChI=1S/C13H11Br2FN2O3/c1-6-4-7(14)11(16)10(15)12(6)17-8-5-9(20)18(2-3-19)13(8)21/h4-5,17,19H,2-3H2,1H3. The van der Waals surface area contributed by atoms with Crippen molar-refractivity contribution in [2.75, 3.05) is 18.5 Å². The molecule has 21 heavy (non-hydrogen) atoms. The number of halogens is 3. The summed E-state index contributed by atoms with van der Waals surface area (Å²) in [7, 11) is 0. The Morgan fingerprint density at radius 3 is 2.67 bits per heavy atom. The van der Waals surface area contributed by atoms with E-state index in [4.69, 9.17) is 5.11 Å². The fourth-order valence-corrected chi connectivity index (χ4v) is 3.34. The first kappa shape index (κ1) is 16.1. The van der Waals surface area contributed by atoms with Gasteiger partial charge in [-0.15, -0.1) is 0 Å². The van der Waals surface area contributed by atoms with Crippen LogP contribution in [0.5, 0.6) is 0 Å². The number of rotatable bonds is 4. The van der Waals surface area contributed by atoms with Gasteiger partial charge in [0, 0.05) is 6.08 Å². The van der Waals surface area contributed by atoms with Crippen molar-refractivity contribution in [3.05, 3.63) is 38.2 Å². The molecule has 0 bridgehead atoms. The van der Waals surface area contributed by atoms with Crippen molar-refractivity contribution in [3.63, 3.8) is 0 Å². The van der Waals surface area contributed by atoms with Crippen LogP contribution in [0, 0.1) is 12.7 Å². The number of aryl methyl sites for hydroxylation is 1. The third kappa shape index (κ3) is 3.02. The fourth-order valence-electron chi connectivity index (χ4n) is 1.91. The van der Waals surface area contributed by atoms with E-state index >= 15 is 0 Å². The Hall–Kier alpha value is -1.25. The Morgan fingerprint density at radius 2 is 2.05 bits per heavy atom. The number of nitrogens with one attached hydrogen (secondary N) is 1. The zero-order valence-electron chi connectivity index (χ0n) is 10.9. The molecule has 5 nitrogen and oxygen atoms in total. The molecule has 2 rings (SSSR count). The SMILES string of the molecule is Cc1cc(Br)c(F)c(Br)c1NC1=CC(=O)N(CCO)C1=O. The number of aliphatic hydroxyl groups excluding tert-OH is 1. The number of nitrogens with zero attached hydrogens (tertiary/aromatic N) is 1. The Kier molecular flexibility index (Phi) is 4.80. The Morgan fingerprint density at radius 1 is 1.38 bits per heavy atom. The molecule has 1 aliphatic heterocycles. The minimum Gasteiger partial charge on any atom is -0.395 e. The van der Waals surface area contributed by atoms with Gasteiger partial charge in [0.05, 0.1) is 27.8 Å². The second kappa shape index (κ2) is 6.25. The number of carbonyl (C=O) groups is 2. The summed E-state index contributed by atoms with van der Waals surface area (Å²) in [6, 6.07) is 1.57. The van der Waals surface area contributed by atoms with Crippen LogP contribution in [0.2, 0.25) is 0 Å². The highest BCUT2D eigenvalue weighted by atomic mass is 79.9. The molecule has 0 saturated carbocycles. The molecule has 1 aliphatic rings. The number of benzene rings is 1. The quantitative estimate of drug-likeness (QED) is 0.578. The van der Waals surface area contributed by atoms with Gasteiger partial charge in [-0.3, -0.25) is 14.5 Å². The van der Waals surface area contributed by atoms with E-state index in [1.165, 1.54) is 0 Å². The molecule has 0 radical (unpaired) electrons. The number of hydrogen-bond donors (Lipinski definition) is 2. The molecule has 1 aromatic carbocycles. The van der Waals surface area contributed by atoms with E-state index in [9.17, 15) is 14.0 Å². The Labute approximate surface area is 137 Å². The van der Waals surface area contributed by atoms with Crippen LogP contribution in [-0.2, 0) is 9.59 Å². The molecule has 0 spiro atoms. The summed E-state index contributed by atoms with van der Waals surface area (Å²) in [5, 5.41) is 11.6. The molecule has 2 N–H and O–H groups in total. The van der Waals surface area contributed by atoms with Crippen LogP contribution in [0.1, 0.15) is 5.56 Å². The molecule has 112 valence electrons. The summed E-state index contributed by atoms with van der Waals surface area (Å²) in [4.78, 5) is 24.6. The molecular weight excluding hydrogens is 411 g/mol. The molecule has 2 amide bonds. The van der Waals surface area contributed by atoms with Crippen LogP contribution in [0.4, 0.5) is 10.1 Å². The number of imide groups is 1. The Balaban J connectivity index is 2.32. The molecule has 1 aromatic rings. The van der Waals surface area contributed by atoms with Crippen LogP contribution >= 0.6 is 31.9 Å². The van der Waals surface area contributed by atoms with Crippen molar-refractivity contribution in [1.29, 1.82) is 0 Å². The minimum atomic E-state index is -0.552. The number of anilines is 1. The lowest BCUT2D eigenvalue weighted by Crippen LogP contribution is -2.34. The van der Waals surface area contributed by atoms with Gasteiger partial charge in [0.25, 0.3) is 11.8 Å². The highest BCUT2D eigenvalue weighted by Crippen LogP contribution is 2.35. The molecule has 0 atom stereocenters. The van der Waals surface area contributed by atoms with Gasteiger partial charge in [0.15, 0.2) is 5.82 Å². The number of β-amino-alcohol motifs (C(OH)–C–C–N with tert-alkyl or cyclic N) is 1. The van der Waals surface area contributed by atoms with Crippen LogP contribution in [0.15, 0.2) is 26.8 Å². The van der Waals surface area contributed by atoms with E-state index in [2.05, 4.69) is 37.2 Å². The smallest absolute Gasteiger partial charge is 0.277 e. The number of hydrogen-bond acceptors (Lipinski definition) is 4. The summed E-state index contributed by atoms with van der Waals surface area (Å²) in [6.07, 6.45) is 1.13. The van der Waals surface area contributed by atoms with E-state index in [0.717, 1.165) is 11.0 Å². The summed E-state index contributed by atoms with van der Waals surface area (Å²) >= 11 is 6.22. The average molecular weight is 422 g/mol. The van der Waals surface area contributed by atoms with Crippen molar-refractivity contribution in [2.24, 2.45) is 0 Å². The monoisotopic (exact) mass is 420 g/mol. The molecule has 0 aliphatic carbocycles. The topological polar surface area (TPSA) is 69.6 Å². The first-order chi connectivity index (χ1) is 9.86. The Bertz CT molecular complexity index is 661. The highest BCUT2D eigenvalue weighted by Gasteiger charge is 2.31. The van der Waals surface area contributed by atoms with Crippen LogP contribution < -0.4 is 5.32 Å². The van der Waals surface area contributed by atoms with Gasteiger partial charge in [-0.25, -0.2) is 4.39 Å². The molecular formula is C13H11Br2FN2O3. The van der Waals surface area contributed by atoms with Crippen LogP contribution in [0.3, 0.4) is 0 Å². The van der Waals surface area contributed by atoms with Crippen LogP contribution in [-0.4, -0.2) is 35.0 Å². The minimum absolute atomic E-state index is 0.0407. The van der Waals surface area contributed by atoms with Gasteiger partial charge in [0.2, 0.25) is 0 Å². The van der Waals surface area contributed by atoms with Crippen molar-refractivity contribution in [2.45, 2.75) is 6.92 Å². The zero-order chi connectivity index (χ0) is 15.7. The maximum absolute atomic E-state index is 13.9. The molecule has 0 aromatic heterocycles. The average Bonchev–Trinajstić information content (AvgIpc) is 2.69. The van der Waals surface area contributed by atoms with Crippen LogP contribution in [0.25, 0.3) is 0 Å². The predicted octanol–water partition coefficient (Wildman–Crippen LogP) is 2.32. The summed E-state index contributed by atoms with van der Waals surface area (Å²) < 4.78 is 14.3. The van der Waals surface area contributed by atoms with Gasteiger partial charge in [-0.2, -0.15) is 0 Å². The number of carbonyl (C=O) groups excluding carboxylic acids is 2. The maximum atomic E-state index is 13.9. The normalized spacial score (nSPS) is 14.7. The van der Waals surface area contributed by atoms with Crippen molar-refractivity contribution in [3.8, 4) is 0 Å².